The minimum atomic E-state index is -0.150. The largest absolute Gasteiger partial charge is 0.291 e. The molecule has 0 fully saturated rings. The molecule has 0 aromatic carbocycles. The van der Waals surface area contributed by atoms with Gasteiger partial charge in [-0.3, -0.25) is 9.89 Å². The summed E-state index contributed by atoms with van der Waals surface area (Å²) in [6.45, 7) is 5.83. The fourth-order valence-electron chi connectivity index (χ4n) is 1.83. The van der Waals surface area contributed by atoms with Crippen LogP contribution >= 0.6 is 15.9 Å². The second-order valence-electron chi connectivity index (χ2n) is 4.25. The van der Waals surface area contributed by atoms with Crippen molar-refractivity contribution in [3.8, 4) is 5.95 Å². The molecular formula is C12H15BrN4O. The van der Waals surface area contributed by atoms with Crippen LogP contribution in [0.2, 0.25) is 0 Å². The van der Waals surface area contributed by atoms with E-state index in [1.807, 2.05) is 19.9 Å². The van der Waals surface area contributed by atoms with Crippen LogP contribution in [-0.4, -0.2) is 19.7 Å². The molecule has 0 aliphatic carbocycles. The van der Waals surface area contributed by atoms with Crippen LogP contribution in [0.3, 0.4) is 0 Å². The Bertz CT molecular complexity index is 609. The Labute approximate surface area is 113 Å². The lowest BCUT2D eigenvalue weighted by molar-refractivity contribution is 0.743. The van der Waals surface area contributed by atoms with E-state index in [0.717, 1.165) is 29.9 Å². The molecule has 2 heterocycles. The number of aryl methyl sites for hydroxylation is 3. The predicted octanol–water partition coefficient (Wildman–Crippen LogP) is 2.29. The standard InChI is InChI=1S/C12H15BrN4O/c1-4-5-9-10(13)11(18)17(16-9)12-14-7(2)6-8(3)15-12/h6,16H,4-5H2,1-3H3. The monoisotopic (exact) mass is 310 g/mol. The van der Waals surface area contributed by atoms with Gasteiger partial charge in [-0.25, -0.2) is 9.97 Å². The number of rotatable bonds is 3. The number of H-pyrrole nitrogens is 1. The highest BCUT2D eigenvalue weighted by atomic mass is 79.9. The van der Waals surface area contributed by atoms with E-state index in [-0.39, 0.29) is 5.56 Å². The molecule has 0 radical (unpaired) electrons. The summed E-state index contributed by atoms with van der Waals surface area (Å²) in [5.74, 6) is 0.389. The summed E-state index contributed by atoms with van der Waals surface area (Å²) >= 11 is 3.32. The SMILES string of the molecule is CCCc1[nH]n(-c2nc(C)cc(C)n2)c(=O)c1Br. The Morgan fingerprint density at radius 2 is 1.94 bits per heavy atom. The highest BCUT2D eigenvalue weighted by Gasteiger charge is 2.14. The summed E-state index contributed by atoms with van der Waals surface area (Å²) in [6, 6.07) is 1.87. The zero-order chi connectivity index (χ0) is 13.3. The van der Waals surface area contributed by atoms with E-state index in [2.05, 4.69) is 37.9 Å². The molecule has 0 amide bonds. The molecule has 0 saturated heterocycles. The summed E-state index contributed by atoms with van der Waals surface area (Å²) in [5.41, 5.74) is 2.41. The topological polar surface area (TPSA) is 63.6 Å². The van der Waals surface area contributed by atoms with Crippen LogP contribution < -0.4 is 5.56 Å². The Kier molecular flexibility index (Phi) is 3.65. The van der Waals surface area contributed by atoms with Gasteiger partial charge in [0.1, 0.15) is 4.47 Å². The average molecular weight is 311 g/mol. The quantitative estimate of drug-likeness (QED) is 0.946. The van der Waals surface area contributed by atoms with Crippen LogP contribution in [0.4, 0.5) is 0 Å². The molecule has 2 aromatic rings. The molecule has 0 bridgehead atoms. The van der Waals surface area contributed by atoms with Crippen molar-refractivity contribution in [2.24, 2.45) is 0 Å². The lowest BCUT2D eigenvalue weighted by atomic mass is 10.3. The lowest BCUT2D eigenvalue weighted by Gasteiger charge is -2.02. The van der Waals surface area contributed by atoms with Gasteiger partial charge in [0.2, 0.25) is 0 Å². The van der Waals surface area contributed by atoms with Gasteiger partial charge in [-0.2, -0.15) is 4.68 Å². The van der Waals surface area contributed by atoms with Crippen molar-refractivity contribution < 1.29 is 0 Å². The summed E-state index contributed by atoms with van der Waals surface area (Å²) in [7, 11) is 0. The number of hydrogen-bond donors (Lipinski definition) is 1. The molecule has 2 rings (SSSR count). The molecule has 2 aromatic heterocycles. The van der Waals surface area contributed by atoms with E-state index >= 15 is 0 Å². The Morgan fingerprint density at radius 3 is 2.50 bits per heavy atom. The molecule has 5 nitrogen and oxygen atoms in total. The first-order chi connectivity index (χ1) is 8.52. The zero-order valence-corrected chi connectivity index (χ0v) is 12.2. The van der Waals surface area contributed by atoms with Crippen molar-refractivity contribution in [1.29, 1.82) is 0 Å². The summed E-state index contributed by atoms with van der Waals surface area (Å²) in [5, 5.41) is 3.05. The molecular weight excluding hydrogens is 296 g/mol. The minimum Gasteiger partial charge on any atom is -0.291 e. The minimum absolute atomic E-state index is 0.150. The normalized spacial score (nSPS) is 10.9. The number of aromatic amines is 1. The van der Waals surface area contributed by atoms with E-state index in [1.165, 1.54) is 4.68 Å². The molecule has 1 N–H and O–H groups in total. The third-order valence-electron chi connectivity index (χ3n) is 2.57. The van der Waals surface area contributed by atoms with Gasteiger partial charge in [0.15, 0.2) is 0 Å². The van der Waals surface area contributed by atoms with Crippen molar-refractivity contribution in [2.75, 3.05) is 0 Å². The smallest absolute Gasteiger partial charge is 0.288 e. The van der Waals surface area contributed by atoms with Gasteiger partial charge in [0, 0.05) is 11.4 Å². The third-order valence-corrected chi connectivity index (χ3v) is 3.39. The van der Waals surface area contributed by atoms with Crippen LogP contribution in [0.25, 0.3) is 5.95 Å². The van der Waals surface area contributed by atoms with Gasteiger partial charge in [0.25, 0.3) is 11.5 Å². The molecule has 0 saturated carbocycles. The van der Waals surface area contributed by atoms with Crippen molar-refractivity contribution in [3.05, 3.63) is 38.0 Å². The molecule has 96 valence electrons. The Hall–Kier alpha value is -1.43. The molecule has 0 spiro atoms. The van der Waals surface area contributed by atoms with Crippen molar-refractivity contribution >= 4 is 15.9 Å². The van der Waals surface area contributed by atoms with Crippen LogP contribution in [0.15, 0.2) is 15.3 Å². The van der Waals surface area contributed by atoms with Crippen LogP contribution in [-0.2, 0) is 6.42 Å². The van der Waals surface area contributed by atoms with Crippen LogP contribution in [0, 0.1) is 13.8 Å². The van der Waals surface area contributed by atoms with Gasteiger partial charge in [0.05, 0.1) is 5.69 Å². The van der Waals surface area contributed by atoms with Gasteiger partial charge in [-0.05, 0) is 42.3 Å². The van der Waals surface area contributed by atoms with Gasteiger partial charge < -0.3 is 0 Å². The van der Waals surface area contributed by atoms with Gasteiger partial charge >= 0.3 is 0 Å². The summed E-state index contributed by atoms with van der Waals surface area (Å²) in [6.07, 6.45) is 1.78. The first-order valence-electron chi connectivity index (χ1n) is 5.85. The van der Waals surface area contributed by atoms with Gasteiger partial charge in [-0.15, -0.1) is 0 Å². The summed E-state index contributed by atoms with van der Waals surface area (Å²) < 4.78 is 1.95. The number of nitrogens with one attached hydrogen (secondary N) is 1. The van der Waals surface area contributed by atoms with Crippen LogP contribution in [0.1, 0.15) is 30.4 Å². The second-order valence-corrected chi connectivity index (χ2v) is 5.04. The van der Waals surface area contributed by atoms with E-state index in [9.17, 15) is 4.79 Å². The molecule has 0 unspecified atom stereocenters. The summed E-state index contributed by atoms with van der Waals surface area (Å²) in [4.78, 5) is 20.7. The maximum Gasteiger partial charge on any atom is 0.288 e. The van der Waals surface area contributed by atoms with E-state index in [1.54, 1.807) is 0 Å². The van der Waals surface area contributed by atoms with E-state index < -0.39 is 0 Å². The zero-order valence-electron chi connectivity index (χ0n) is 10.6. The molecule has 18 heavy (non-hydrogen) atoms. The highest BCUT2D eigenvalue weighted by molar-refractivity contribution is 9.10. The van der Waals surface area contributed by atoms with Gasteiger partial charge in [-0.1, -0.05) is 13.3 Å². The Balaban J connectivity index is 2.57. The van der Waals surface area contributed by atoms with Crippen molar-refractivity contribution in [2.45, 2.75) is 33.6 Å². The van der Waals surface area contributed by atoms with Crippen molar-refractivity contribution in [1.82, 2.24) is 19.7 Å². The first-order valence-corrected chi connectivity index (χ1v) is 6.64. The average Bonchev–Trinajstić information content (AvgIpc) is 2.57. The molecule has 0 atom stereocenters. The second kappa shape index (κ2) is 5.06. The number of hydrogen-bond acceptors (Lipinski definition) is 3. The molecule has 0 aliphatic heterocycles. The third kappa shape index (κ3) is 2.38. The predicted molar refractivity (Wildman–Crippen MR) is 73.1 cm³/mol. The van der Waals surface area contributed by atoms with E-state index in [0.29, 0.717) is 10.4 Å². The number of nitrogens with zero attached hydrogens (tertiary/aromatic N) is 3. The fourth-order valence-corrected chi connectivity index (χ4v) is 2.29. The maximum absolute atomic E-state index is 12.1. The fraction of sp³-hybridized carbons (Fsp3) is 0.417. The highest BCUT2D eigenvalue weighted by Crippen LogP contribution is 2.13. The van der Waals surface area contributed by atoms with E-state index in [4.69, 9.17) is 0 Å². The van der Waals surface area contributed by atoms with Crippen molar-refractivity contribution in [3.63, 3.8) is 0 Å². The molecule has 0 aliphatic rings. The van der Waals surface area contributed by atoms with Crippen LogP contribution in [0.5, 0.6) is 0 Å². The Morgan fingerprint density at radius 1 is 1.33 bits per heavy atom. The number of halogens is 1. The number of aromatic nitrogens is 4. The first kappa shape index (κ1) is 13.0. The molecule has 6 heteroatoms. The maximum atomic E-state index is 12.1. The lowest BCUT2D eigenvalue weighted by Crippen LogP contribution is -2.18.